The van der Waals surface area contributed by atoms with Gasteiger partial charge in [0.05, 0.1) is 12.7 Å². The molecule has 1 saturated heterocycles. The molecule has 2 rings (SSSR count). The lowest BCUT2D eigenvalue weighted by molar-refractivity contribution is -0.140. The number of carbonyl (C=O) groups is 2. The van der Waals surface area contributed by atoms with E-state index in [0.717, 1.165) is 19.3 Å². The smallest absolute Gasteiger partial charge is 0.339 e. The van der Waals surface area contributed by atoms with Crippen molar-refractivity contribution in [1.29, 1.82) is 0 Å². The highest BCUT2D eigenvalue weighted by Gasteiger charge is 2.29. The van der Waals surface area contributed by atoms with Gasteiger partial charge in [0.2, 0.25) is 0 Å². The normalized spacial score (nSPS) is 21.0. The number of benzene rings is 1. The molecule has 0 spiro atoms. The fraction of sp³-hybridized carbons (Fsp3) is 0.529. The SMILES string of the molecule is COc1ccc(Br)c(C(=O)OCC(=O)N2[C@H](C)CCC[C@H]2C)c1. The number of halogens is 1. The summed E-state index contributed by atoms with van der Waals surface area (Å²) in [6.45, 7) is 3.83. The van der Waals surface area contributed by atoms with Crippen LogP contribution in [-0.4, -0.2) is 42.6 Å². The van der Waals surface area contributed by atoms with E-state index in [1.165, 1.54) is 7.11 Å². The summed E-state index contributed by atoms with van der Waals surface area (Å²) in [6.07, 6.45) is 3.11. The van der Waals surface area contributed by atoms with Crippen LogP contribution in [0.3, 0.4) is 0 Å². The zero-order chi connectivity index (χ0) is 17.0. The lowest BCUT2D eigenvalue weighted by atomic mass is 9.97. The number of carbonyl (C=O) groups excluding carboxylic acids is 2. The number of likely N-dealkylation sites (tertiary alicyclic amines) is 1. The molecule has 1 aromatic rings. The quantitative estimate of drug-likeness (QED) is 0.747. The van der Waals surface area contributed by atoms with Crippen molar-refractivity contribution >= 4 is 27.8 Å². The first-order chi connectivity index (χ1) is 10.9. The van der Waals surface area contributed by atoms with Crippen molar-refractivity contribution in [3.63, 3.8) is 0 Å². The van der Waals surface area contributed by atoms with E-state index in [4.69, 9.17) is 9.47 Å². The molecule has 2 atom stereocenters. The minimum atomic E-state index is -0.540. The second-order valence-corrected chi connectivity index (χ2v) is 6.71. The number of hydrogen-bond donors (Lipinski definition) is 0. The van der Waals surface area contributed by atoms with Gasteiger partial charge < -0.3 is 14.4 Å². The van der Waals surface area contributed by atoms with Gasteiger partial charge in [-0.2, -0.15) is 0 Å². The highest BCUT2D eigenvalue weighted by atomic mass is 79.9. The van der Waals surface area contributed by atoms with Gasteiger partial charge in [-0.05, 0) is 67.2 Å². The minimum Gasteiger partial charge on any atom is -0.497 e. The fourth-order valence-electron chi connectivity index (χ4n) is 2.98. The molecule has 0 bridgehead atoms. The topological polar surface area (TPSA) is 55.8 Å². The molecular formula is C17H22BrNO4. The lowest BCUT2D eigenvalue weighted by Crippen LogP contribution is -2.49. The summed E-state index contributed by atoms with van der Waals surface area (Å²) in [4.78, 5) is 26.4. The van der Waals surface area contributed by atoms with Gasteiger partial charge in [0.15, 0.2) is 6.61 Å². The standard InChI is InChI=1S/C17H22BrNO4/c1-11-5-4-6-12(2)19(11)16(20)10-23-17(21)14-9-13(22-3)7-8-15(14)18/h7-9,11-12H,4-6,10H2,1-3H3/t11-,12-/m1/s1. The zero-order valence-corrected chi connectivity index (χ0v) is 15.3. The first-order valence-corrected chi connectivity index (χ1v) is 8.55. The van der Waals surface area contributed by atoms with E-state index >= 15 is 0 Å². The first-order valence-electron chi connectivity index (χ1n) is 7.76. The van der Waals surface area contributed by atoms with Crippen molar-refractivity contribution in [1.82, 2.24) is 4.90 Å². The van der Waals surface area contributed by atoms with Crippen molar-refractivity contribution in [2.75, 3.05) is 13.7 Å². The van der Waals surface area contributed by atoms with Crippen molar-refractivity contribution < 1.29 is 19.1 Å². The average Bonchev–Trinajstić information content (AvgIpc) is 2.53. The van der Waals surface area contributed by atoms with E-state index in [2.05, 4.69) is 15.9 Å². The molecule has 0 aliphatic carbocycles. The number of ether oxygens (including phenoxy) is 2. The Morgan fingerprint density at radius 1 is 1.26 bits per heavy atom. The van der Waals surface area contributed by atoms with Gasteiger partial charge >= 0.3 is 5.97 Å². The number of nitrogens with zero attached hydrogens (tertiary/aromatic N) is 1. The summed E-state index contributed by atoms with van der Waals surface area (Å²) in [5, 5.41) is 0. The second-order valence-electron chi connectivity index (χ2n) is 5.85. The van der Waals surface area contributed by atoms with Crippen LogP contribution in [0.1, 0.15) is 43.5 Å². The third-order valence-corrected chi connectivity index (χ3v) is 4.89. The lowest BCUT2D eigenvalue weighted by Gasteiger charge is -2.38. The molecule has 0 saturated carbocycles. The maximum absolute atomic E-state index is 12.4. The Hall–Kier alpha value is -1.56. The zero-order valence-electron chi connectivity index (χ0n) is 13.7. The largest absolute Gasteiger partial charge is 0.497 e. The summed E-state index contributed by atoms with van der Waals surface area (Å²) in [6, 6.07) is 5.42. The maximum atomic E-state index is 12.4. The molecule has 1 aromatic carbocycles. The van der Waals surface area contributed by atoms with Crippen LogP contribution in [0.25, 0.3) is 0 Å². The number of rotatable bonds is 4. The van der Waals surface area contributed by atoms with Crippen molar-refractivity contribution in [2.24, 2.45) is 0 Å². The molecule has 0 aromatic heterocycles. The summed E-state index contributed by atoms with van der Waals surface area (Å²) in [5.74, 6) is -0.122. The summed E-state index contributed by atoms with van der Waals surface area (Å²) < 4.78 is 10.9. The Bertz CT molecular complexity index is 580. The van der Waals surface area contributed by atoms with Crippen LogP contribution in [0.15, 0.2) is 22.7 Å². The maximum Gasteiger partial charge on any atom is 0.339 e. The average molecular weight is 384 g/mol. The van der Waals surface area contributed by atoms with E-state index in [1.54, 1.807) is 18.2 Å². The van der Waals surface area contributed by atoms with Crippen LogP contribution >= 0.6 is 15.9 Å². The Morgan fingerprint density at radius 3 is 2.52 bits per heavy atom. The molecule has 1 heterocycles. The van der Waals surface area contributed by atoms with E-state index in [0.29, 0.717) is 15.8 Å². The highest BCUT2D eigenvalue weighted by molar-refractivity contribution is 9.10. The monoisotopic (exact) mass is 383 g/mol. The van der Waals surface area contributed by atoms with Crippen LogP contribution in [0.2, 0.25) is 0 Å². The number of piperidine rings is 1. The van der Waals surface area contributed by atoms with Gasteiger partial charge in [0.1, 0.15) is 5.75 Å². The van der Waals surface area contributed by atoms with E-state index in [-0.39, 0.29) is 24.6 Å². The van der Waals surface area contributed by atoms with Gasteiger partial charge in [-0.15, -0.1) is 0 Å². The van der Waals surface area contributed by atoms with Crippen molar-refractivity contribution in [2.45, 2.75) is 45.2 Å². The van der Waals surface area contributed by atoms with Crippen molar-refractivity contribution in [3.8, 4) is 5.75 Å². The van der Waals surface area contributed by atoms with Crippen LogP contribution in [-0.2, 0) is 9.53 Å². The molecule has 23 heavy (non-hydrogen) atoms. The number of amides is 1. The number of methoxy groups -OCH3 is 1. The highest BCUT2D eigenvalue weighted by Crippen LogP contribution is 2.24. The van der Waals surface area contributed by atoms with E-state index in [9.17, 15) is 9.59 Å². The van der Waals surface area contributed by atoms with Gasteiger partial charge in [0.25, 0.3) is 5.91 Å². The summed E-state index contributed by atoms with van der Waals surface area (Å²) in [7, 11) is 1.53. The molecule has 126 valence electrons. The van der Waals surface area contributed by atoms with Crippen LogP contribution in [0, 0.1) is 0 Å². The Kier molecular flexibility index (Phi) is 6.04. The van der Waals surface area contributed by atoms with Gasteiger partial charge in [-0.25, -0.2) is 4.79 Å². The molecule has 6 heteroatoms. The second kappa shape index (κ2) is 7.81. The van der Waals surface area contributed by atoms with Crippen molar-refractivity contribution in [3.05, 3.63) is 28.2 Å². The molecule has 1 aliphatic heterocycles. The van der Waals surface area contributed by atoms with E-state index < -0.39 is 5.97 Å². The third-order valence-electron chi connectivity index (χ3n) is 4.20. The van der Waals surface area contributed by atoms with Gasteiger partial charge in [0, 0.05) is 16.6 Å². The number of esters is 1. The molecular weight excluding hydrogens is 362 g/mol. The molecule has 1 fully saturated rings. The van der Waals surface area contributed by atoms with Crippen LogP contribution < -0.4 is 4.74 Å². The molecule has 0 radical (unpaired) electrons. The summed E-state index contributed by atoms with van der Waals surface area (Å²) in [5.41, 5.74) is 0.344. The molecule has 5 nitrogen and oxygen atoms in total. The number of hydrogen-bond acceptors (Lipinski definition) is 4. The van der Waals surface area contributed by atoms with Crippen LogP contribution in [0.4, 0.5) is 0 Å². The predicted molar refractivity (Wildman–Crippen MR) is 90.6 cm³/mol. The first kappa shape index (κ1) is 17.8. The third kappa shape index (κ3) is 4.25. The molecule has 1 aliphatic rings. The Morgan fingerprint density at radius 2 is 1.91 bits per heavy atom. The van der Waals surface area contributed by atoms with E-state index in [1.807, 2.05) is 18.7 Å². The fourth-order valence-corrected chi connectivity index (χ4v) is 3.39. The van der Waals surface area contributed by atoms with Gasteiger partial charge in [-0.3, -0.25) is 4.79 Å². The molecule has 0 unspecified atom stereocenters. The summed E-state index contributed by atoms with van der Waals surface area (Å²) >= 11 is 3.31. The van der Waals surface area contributed by atoms with Crippen LogP contribution in [0.5, 0.6) is 5.75 Å². The van der Waals surface area contributed by atoms with Gasteiger partial charge in [-0.1, -0.05) is 0 Å². The Balaban J connectivity index is 2.00. The minimum absolute atomic E-state index is 0.142. The predicted octanol–water partition coefficient (Wildman–Crippen LogP) is 3.40. The Labute approximate surface area is 145 Å². The molecule has 0 N–H and O–H groups in total. The molecule has 1 amide bonds.